The van der Waals surface area contributed by atoms with E-state index in [-0.39, 0.29) is 24.3 Å². The average molecular weight is 380 g/mol. The van der Waals surface area contributed by atoms with Crippen molar-refractivity contribution in [1.29, 1.82) is 0 Å². The lowest BCUT2D eigenvalue weighted by Crippen LogP contribution is -2.45. The van der Waals surface area contributed by atoms with Crippen LogP contribution in [-0.2, 0) is 16.1 Å². The van der Waals surface area contributed by atoms with Gasteiger partial charge in [0.05, 0.1) is 24.0 Å². The summed E-state index contributed by atoms with van der Waals surface area (Å²) in [6, 6.07) is 8.00. The molecule has 5 nitrogen and oxygen atoms in total. The lowest BCUT2D eigenvalue weighted by molar-refractivity contribution is -0.137. The monoisotopic (exact) mass is 379 g/mol. The molecule has 2 amide bonds. The molecule has 1 aromatic carbocycles. The third kappa shape index (κ3) is 4.14. The number of benzene rings is 1. The highest BCUT2D eigenvalue weighted by Gasteiger charge is 2.29. The summed E-state index contributed by atoms with van der Waals surface area (Å²) >= 11 is 8.11. The second-order valence-corrected chi connectivity index (χ2v) is 8.08. The first-order valence-corrected chi connectivity index (χ1v) is 9.56. The molecule has 1 aliphatic heterocycles. The summed E-state index contributed by atoms with van der Waals surface area (Å²) in [6.45, 7) is 2.13. The molecular weight excluding hydrogens is 358 g/mol. The second kappa shape index (κ2) is 7.72. The number of thiophene rings is 1. The number of nitrogens with two attached hydrogens (primary N) is 1. The second-order valence-electron chi connectivity index (χ2n) is 6.57. The molecule has 134 valence electrons. The molecule has 1 aliphatic rings. The Morgan fingerprint density at radius 1 is 1.40 bits per heavy atom. The lowest BCUT2D eigenvalue weighted by Gasteiger charge is -2.33. The number of carbonyl (C=O) groups excluding carboxylic acids is 2. The van der Waals surface area contributed by atoms with Crippen molar-refractivity contribution in [2.24, 2.45) is 11.7 Å². The van der Waals surface area contributed by atoms with Gasteiger partial charge >= 0.3 is 0 Å². The normalized spacial score (nSPS) is 18.4. The van der Waals surface area contributed by atoms with Crippen molar-refractivity contribution < 1.29 is 9.59 Å². The van der Waals surface area contributed by atoms with Gasteiger partial charge < -0.3 is 10.6 Å². The Kier molecular flexibility index (Phi) is 5.61. The molecule has 7 heteroatoms. The summed E-state index contributed by atoms with van der Waals surface area (Å²) in [5.41, 5.74) is 5.27. The third-order valence-corrected chi connectivity index (χ3v) is 6.29. The van der Waals surface area contributed by atoms with Gasteiger partial charge in [-0.05, 0) is 25.5 Å². The zero-order valence-corrected chi connectivity index (χ0v) is 15.8. The molecule has 0 saturated carbocycles. The Balaban J connectivity index is 1.67. The number of nitrogens with zero attached hydrogens (tertiary/aromatic N) is 2. The van der Waals surface area contributed by atoms with Crippen LogP contribution in [0.4, 0.5) is 0 Å². The zero-order valence-electron chi connectivity index (χ0n) is 14.2. The summed E-state index contributed by atoms with van der Waals surface area (Å²) < 4.78 is 1.13. The topological polar surface area (TPSA) is 66.6 Å². The molecule has 2 aromatic rings. The van der Waals surface area contributed by atoms with Crippen molar-refractivity contribution >= 4 is 44.8 Å². The Hall–Kier alpha value is -1.63. The molecule has 1 saturated heterocycles. The van der Waals surface area contributed by atoms with Crippen LogP contribution in [0.15, 0.2) is 24.3 Å². The molecule has 1 fully saturated rings. The molecule has 1 aromatic heterocycles. The van der Waals surface area contributed by atoms with Gasteiger partial charge in [-0.25, -0.2) is 0 Å². The van der Waals surface area contributed by atoms with E-state index in [1.807, 2.05) is 36.2 Å². The predicted molar refractivity (Wildman–Crippen MR) is 102 cm³/mol. The van der Waals surface area contributed by atoms with Crippen LogP contribution in [0.1, 0.15) is 17.7 Å². The minimum Gasteiger partial charge on any atom is -0.369 e. The molecule has 0 bridgehead atoms. The number of rotatable bonds is 5. The van der Waals surface area contributed by atoms with E-state index in [1.165, 1.54) is 0 Å². The van der Waals surface area contributed by atoms with E-state index >= 15 is 0 Å². The molecule has 1 atom stereocenters. The number of hydrogen-bond acceptors (Lipinski definition) is 4. The summed E-state index contributed by atoms with van der Waals surface area (Å²) in [6.07, 6.45) is 1.75. The summed E-state index contributed by atoms with van der Waals surface area (Å²) in [5, 5.41) is 1.77. The highest BCUT2D eigenvalue weighted by Crippen LogP contribution is 2.36. The zero-order chi connectivity index (χ0) is 18.0. The Morgan fingerprint density at radius 3 is 2.88 bits per heavy atom. The Labute approximate surface area is 156 Å². The van der Waals surface area contributed by atoms with Gasteiger partial charge in [0, 0.05) is 28.6 Å². The summed E-state index contributed by atoms with van der Waals surface area (Å²) in [4.78, 5) is 28.6. The molecular formula is C18H22ClN3O2S. The fourth-order valence-corrected chi connectivity index (χ4v) is 4.94. The van der Waals surface area contributed by atoms with Gasteiger partial charge in [-0.15, -0.1) is 11.3 Å². The third-order valence-electron chi connectivity index (χ3n) is 4.59. The molecule has 3 rings (SSSR count). The molecule has 2 heterocycles. The molecule has 2 N–H and O–H groups in total. The fourth-order valence-electron chi connectivity index (χ4n) is 3.39. The maximum Gasteiger partial charge on any atom is 0.231 e. The van der Waals surface area contributed by atoms with Crippen LogP contribution in [0.5, 0.6) is 0 Å². The van der Waals surface area contributed by atoms with Crippen molar-refractivity contribution in [3.63, 3.8) is 0 Å². The number of halogens is 1. The van der Waals surface area contributed by atoms with E-state index in [9.17, 15) is 9.59 Å². The number of piperidine rings is 1. The largest absolute Gasteiger partial charge is 0.369 e. The number of hydrogen-bond donors (Lipinski definition) is 1. The van der Waals surface area contributed by atoms with Gasteiger partial charge in [-0.2, -0.15) is 0 Å². The predicted octanol–water partition coefficient (Wildman–Crippen LogP) is 2.71. The minimum absolute atomic E-state index is 0.0914. The maximum atomic E-state index is 12.8. The first kappa shape index (κ1) is 18.2. The molecule has 0 radical (unpaired) electrons. The van der Waals surface area contributed by atoms with Crippen LogP contribution in [0.2, 0.25) is 5.02 Å². The van der Waals surface area contributed by atoms with Gasteiger partial charge in [0.2, 0.25) is 11.8 Å². The van der Waals surface area contributed by atoms with Gasteiger partial charge in [-0.1, -0.05) is 29.8 Å². The van der Waals surface area contributed by atoms with Crippen molar-refractivity contribution in [3.8, 4) is 0 Å². The summed E-state index contributed by atoms with van der Waals surface area (Å²) in [5.74, 6) is -0.340. The molecule has 25 heavy (non-hydrogen) atoms. The minimum atomic E-state index is -0.349. The van der Waals surface area contributed by atoms with Crippen molar-refractivity contribution in [2.45, 2.75) is 19.4 Å². The van der Waals surface area contributed by atoms with E-state index in [0.29, 0.717) is 13.1 Å². The van der Waals surface area contributed by atoms with Gasteiger partial charge in [0.1, 0.15) is 0 Å². The van der Waals surface area contributed by atoms with Crippen LogP contribution in [0.3, 0.4) is 0 Å². The number of amides is 2. The smallest absolute Gasteiger partial charge is 0.231 e. The van der Waals surface area contributed by atoms with Gasteiger partial charge in [0.15, 0.2) is 0 Å². The van der Waals surface area contributed by atoms with E-state index in [0.717, 1.165) is 39.4 Å². The van der Waals surface area contributed by atoms with E-state index in [2.05, 4.69) is 0 Å². The highest BCUT2D eigenvalue weighted by molar-refractivity contribution is 7.19. The Bertz CT molecular complexity index is 792. The molecule has 1 unspecified atom stereocenters. The van der Waals surface area contributed by atoms with Gasteiger partial charge in [0.25, 0.3) is 0 Å². The first-order valence-electron chi connectivity index (χ1n) is 8.37. The number of carbonyl (C=O) groups is 2. The van der Waals surface area contributed by atoms with Crippen molar-refractivity contribution in [3.05, 3.63) is 34.2 Å². The maximum absolute atomic E-state index is 12.8. The number of primary amides is 1. The van der Waals surface area contributed by atoms with Crippen LogP contribution in [0.25, 0.3) is 10.1 Å². The van der Waals surface area contributed by atoms with Crippen molar-refractivity contribution in [1.82, 2.24) is 9.80 Å². The highest BCUT2D eigenvalue weighted by atomic mass is 35.5. The van der Waals surface area contributed by atoms with Crippen LogP contribution in [0, 0.1) is 5.92 Å². The SMILES string of the molecule is CN(Cc1sc2ccccc2c1Cl)C(=O)C1CCCN(CC(N)=O)C1. The quantitative estimate of drug-likeness (QED) is 0.868. The Morgan fingerprint density at radius 2 is 2.16 bits per heavy atom. The van der Waals surface area contributed by atoms with E-state index < -0.39 is 0 Å². The number of fused-ring (bicyclic) bond motifs is 1. The van der Waals surface area contributed by atoms with Crippen molar-refractivity contribution in [2.75, 3.05) is 26.7 Å². The average Bonchev–Trinajstić information content (AvgIpc) is 2.90. The van der Waals surface area contributed by atoms with E-state index in [4.69, 9.17) is 17.3 Å². The van der Waals surface area contributed by atoms with Gasteiger partial charge in [-0.3, -0.25) is 14.5 Å². The summed E-state index contributed by atoms with van der Waals surface area (Å²) in [7, 11) is 1.82. The number of likely N-dealkylation sites (tertiary alicyclic amines) is 1. The first-order chi connectivity index (χ1) is 12.0. The molecule has 0 aliphatic carbocycles. The van der Waals surface area contributed by atoms with E-state index in [1.54, 1.807) is 16.2 Å². The fraction of sp³-hybridized carbons (Fsp3) is 0.444. The van der Waals surface area contributed by atoms with Crippen LogP contribution in [-0.4, -0.2) is 48.3 Å². The standard InChI is InChI=1S/C18H22ClN3O2S/c1-21(10-15-17(19)13-6-2-3-7-14(13)25-15)18(24)12-5-4-8-22(9-12)11-16(20)23/h2-3,6-7,12H,4-5,8-11H2,1H3,(H2,20,23). The van der Waals surface area contributed by atoms with Crippen LogP contribution < -0.4 is 5.73 Å². The van der Waals surface area contributed by atoms with Crippen LogP contribution >= 0.6 is 22.9 Å². The molecule has 0 spiro atoms. The lowest BCUT2D eigenvalue weighted by atomic mass is 9.96.